The summed E-state index contributed by atoms with van der Waals surface area (Å²) in [5.41, 5.74) is 5.76. The number of pyridine rings is 1. The summed E-state index contributed by atoms with van der Waals surface area (Å²) in [4.78, 5) is 75.9. The number of benzene rings is 3. The van der Waals surface area contributed by atoms with Gasteiger partial charge in [0.2, 0.25) is 18.2 Å². The first-order valence-corrected chi connectivity index (χ1v) is 23.9. The van der Waals surface area contributed by atoms with Crippen molar-refractivity contribution in [1.29, 1.82) is 0 Å². The molecular formula is C51H63ClFN9O5. The Morgan fingerprint density at radius 1 is 0.821 bits per heavy atom. The molecule has 0 aliphatic carbocycles. The number of hydrogen-bond acceptors (Lipinski definition) is 9. The lowest BCUT2D eigenvalue weighted by Gasteiger charge is -2.39. The number of carbonyl (C=O) groups is 4. The number of amides is 4. The molecule has 0 unspecified atom stereocenters. The van der Waals surface area contributed by atoms with E-state index in [9.17, 15) is 28.4 Å². The molecule has 8 rings (SSSR count). The Hall–Kier alpha value is -6.03. The molecule has 3 aromatic carbocycles. The molecule has 0 saturated carbocycles. The fraction of sp³-hybridized carbons (Fsp3) is 0.431. The zero-order chi connectivity index (χ0) is 47.9. The SMILES string of the molecule is CC.CCc1cccc(-c2cnc(C(=O)N3CCN(CC4CCN(CC(=O)N5CCN(C=O)CC5)CC4)CC3)c(NC(=O)CCl)c2)c1.Cc1cc(Cc2n[nH]c(=O)c3ccccc23)ccc1F. The minimum Gasteiger partial charge on any atom is -0.342 e. The number of aromatic amines is 1. The van der Waals surface area contributed by atoms with Gasteiger partial charge in [0, 0.05) is 82.5 Å². The number of alkyl halides is 1. The molecule has 3 saturated heterocycles. The fourth-order valence-electron chi connectivity index (χ4n) is 8.70. The third-order valence-electron chi connectivity index (χ3n) is 12.6. The first kappa shape index (κ1) is 50.4. The van der Waals surface area contributed by atoms with E-state index < -0.39 is 0 Å². The van der Waals surface area contributed by atoms with E-state index in [4.69, 9.17) is 11.6 Å². The standard InChI is InChI=1S/C33H44ClN7O4.C16H13FN2O.C2H6/c1-2-25-4-3-5-27(18-25)28-19-29(36-30(43)20-34)32(35-21-28)33(45)41-16-10-38(11-17-41)22-26-6-8-37(9-7-26)23-31(44)40-14-12-39(24-42)13-15-40;1-10-8-11(6-7-14(10)17)9-15-12-4-2-3-5-13(12)16(20)19-18-15;1-2/h3-5,18-19,21,24,26H,2,6-17,20,22-23H2,1H3,(H,36,43);2-8H,9H2,1H3,(H,19,20);1-2H3. The maximum absolute atomic E-state index is 13.6. The summed E-state index contributed by atoms with van der Waals surface area (Å²) >= 11 is 5.78. The fourth-order valence-corrected chi connectivity index (χ4v) is 8.77. The van der Waals surface area contributed by atoms with E-state index >= 15 is 0 Å². The number of rotatable bonds is 12. The van der Waals surface area contributed by atoms with Crippen LogP contribution in [0.15, 0.2) is 83.8 Å². The molecule has 3 aliphatic heterocycles. The molecule has 3 aliphatic rings. The van der Waals surface area contributed by atoms with Crippen LogP contribution in [-0.4, -0.2) is 148 Å². The number of nitrogens with one attached hydrogen (secondary N) is 2. The lowest BCUT2D eigenvalue weighted by atomic mass is 9.96. The number of H-pyrrole nitrogens is 1. The van der Waals surface area contributed by atoms with Crippen molar-refractivity contribution in [1.82, 2.24) is 39.7 Å². The molecule has 2 N–H and O–H groups in total. The van der Waals surface area contributed by atoms with Gasteiger partial charge in [0.25, 0.3) is 11.5 Å². The third-order valence-corrected chi connectivity index (χ3v) is 12.8. The van der Waals surface area contributed by atoms with Crippen molar-refractivity contribution in [3.8, 4) is 11.1 Å². The average molecular weight is 937 g/mol. The Bertz CT molecular complexity index is 2530. The van der Waals surface area contributed by atoms with Gasteiger partial charge in [-0.15, -0.1) is 11.6 Å². The second-order valence-corrected chi connectivity index (χ2v) is 17.3. The Kier molecular flexibility index (Phi) is 18.5. The highest BCUT2D eigenvalue weighted by atomic mass is 35.5. The second-order valence-electron chi connectivity index (χ2n) is 17.0. The zero-order valence-electron chi connectivity index (χ0n) is 39.1. The van der Waals surface area contributed by atoms with E-state index in [-0.39, 0.29) is 40.7 Å². The van der Waals surface area contributed by atoms with Crippen LogP contribution in [0.3, 0.4) is 0 Å². The molecule has 3 fully saturated rings. The molecule has 4 amide bonds. The number of hydrogen-bond donors (Lipinski definition) is 2. The number of piperidine rings is 1. The molecule has 5 heterocycles. The Morgan fingerprint density at radius 3 is 2.19 bits per heavy atom. The Labute approximate surface area is 397 Å². The largest absolute Gasteiger partial charge is 0.342 e. The number of aryl methyl sites for hydroxylation is 2. The van der Waals surface area contributed by atoms with Crippen molar-refractivity contribution in [2.75, 3.05) is 89.7 Å². The molecule has 2 aromatic heterocycles. The van der Waals surface area contributed by atoms with Gasteiger partial charge in [-0.1, -0.05) is 75.4 Å². The van der Waals surface area contributed by atoms with Gasteiger partial charge in [-0.3, -0.25) is 33.8 Å². The topological polar surface area (TPSA) is 155 Å². The minimum absolute atomic E-state index is 0.153. The molecule has 0 bridgehead atoms. The first-order valence-electron chi connectivity index (χ1n) is 23.4. The van der Waals surface area contributed by atoms with E-state index in [2.05, 4.69) is 49.4 Å². The van der Waals surface area contributed by atoms with E-state index in [1.165, 1.54) is 11.6 Å². The second kappa shape index (κ2) is 24.7. The van der Waals surface area contributed by atoms with Gasteiger partial charge in [0.1, 0.15) is 11.7 Å². The Balaban J connectivity index is 0.000000279. The highest BCUT2D eigenvalue weighted by Gasteiger charge is 2.29. The zero-order valence-corrected chi connectivity index (χ0v) is 39.9. The number of carbonyl (C=O) groups excluding carboxylic acids is 4. The molecule has 0 spiro atoms. The number of halogens is 2. The third kappa shape index (κ3) is 13.5. The maximum Gasteiger partial charge on any atom is 0.274 e. The molecule has 356 valence electrons. The van der Waals surface area contributed by atoms with Crippen LogP contribution in [0.4, 0.5) is 10.1 Å². The molecule has 67 heavy (non-hydrogen) atoms. The van der Waals surface area contributed by atoms with E-state index in [0.717, 1.165) is 86.2 Å². The van der Waals surface area contributed by atoms with Crippen molar-refractivity contribution in [2.45, 2.75) is 53.4 Å². The number of fused-ring (bicyclic) bond motifs is 1. The minimum atomic E-state index is -0.385. The van der Waals surface area contributed by atoms with Gasteiger partial charge in [0.05, 0.1) is 23.3 Å². The number of anilines is 1. The maximum atomic E-state index is 13.6. The molecule has 14 nitrogen and oxygen atoms in total. The monoisotopic (exact) mass is 935 g/mol. The average Bonchev–Trinajstić information content (AvgIpc) is 3.37. The summed E-state index contributed by atoms with van der Waals surface area (Å²) in [5, 5.41) is 10.9. The predicted molar refractivity (Wildman–Crippen MR) is 262 cm³/mol. The lowest BCUT2D eigenvalue weighted by Crippen LogP contribution is -2.52. The predicted octanol–water partition coefficient (Wildman–Crippen LogP) is 6.25. The van der Waals surface area contributed by atoms with Crippen LogP contribution in [0, 0.1) is 18.7 Å². The molecular weight excluding hydrogens is 873 g/mol. The summed E-state index contributed by atoms with van der Waals surface area (Å²) in [7, 11) is 0. The normalized spacial score (nSPS) is 15.8. The summed E-state index contributed by atoms with van der Waals surface area (Å²) in [6.07, 6.45) is 6.11. The van der Waals surface area contributed by atoms with Gasteiger partial charge in [-0.2, -0.15) is 5.10 Å². The van der Waals surface area contributed by atoms with Crippen LogP contribution in [0.1, 0.15) is 66.5 Å². The van der Waals surface area contributed by atoms with Crippen LogP contribution in [0.25, 0.3) is 21.9 Å². The first-order chi connectivity index (χ1) is 32.5. The van der Waals surface area contributed by atoms with E-state index in [1.54, 1.807) is 36.2 Å². The van der Waals surface area contributed by atoms with E-state index in [0.29, 0.717) is 74.8 Å². The number of aromatic nitrogens is 3. The summed E-state index contributed by atoms with van der Waals surface area (Å²) in [5.74, 6) is -0.291. The number of nitrogens with zero attached hydrogens (tertiary/aromatic N) is 7. The van der Waals surface area contributed by atoms with Gasteiger partial charge in [-0.25, -0.2) is 14.5 Å². The highest BCUT2D eigenvalue weighted by molar-refractivity contribution is 6.29. The lowest BCUT2D eigenvalue weighted by molar-refractivity contribution is -0.136. The molecule has 0 atom stereocenters. The van der Waals surface area contributed by atoms with Gasteiger partial charge < -0.3 is 20.0 Å². The van der Waals surface area contributed by atoms with Crippen molar-refractivity contribution >= 4 is 52.2 Å². The summed E-state index contributed by atoms with van der Waals surface area (Å²) < 4.78 is 13.3. The number of piperazine rings is 2. The van der Waals surface area contributed by atoms with Crippen LogP contribution in [-0.2, 0) is 27.2 Å². The molecule has 0 radical (unpaired) electrons. The van der Waals surface area contributed by atoms with Crippen LogP contribution in [0.2, 0.25) is 0 Å². The van der Waals surface area contributed by atoms with Gasteiger partial charge in [0.15, 0.2) is 5.69 Å². The van der Waals surface area contributed by atoms with E-state index in [1.807, 2.05) is 60.0 Å². The van der Waals surface area contributed by atoms with Crippen LogP contribution in [0.5, 0.6) is 0 Å². The van der Waals surface area contributed by atoms with Crippen molar-refractivity contribution in [2.24, 2.45) is 5.92 Å². The van der Waals surface area contributed by atoms with Crippen molar-refractivity contribution < 1.29 is 23.6 Å². The molecule has 5 aromatic rings. The van der Waals surface area contributed by atoms with Crippen molar-refractivity contribution in [3.63, 3.8) is 0 Å². The van der Waals surface area contributed by atoms with Crippen molar-refractivity contribution in [3.05, 3.63) is 123 Å². The number of likely N-dealkylation sites (tertiary alicyclic amines) is 1. The van der Waals surface area contributed by atoms with Gasteiger partial charge >= 0.3 is 0 Å². The smallest absolute Gasteiger partial charge is 0.274 e. The quantitative estimate of drug-likeness (QED) is 0.109. The van der Waals surface area contributed by atoms with Crippen LogP contribution < -0.4 is 10.9 Å². The summed E-state index contributed by atoms with van der Waals surface area (Å²) in [6.45, 7) is 16.3. The highest BCUT2D eigenvalue weighted by Crippen LogP contribution is 2.27. The van der Waals surface area contributed by atoms with Crippen LogP contribution >= 0.6 is 11.6 Å². The molecule has 16 heteroatoms. The summed E-state index contributed by atoms with van der Waals surface area (Å²) in [6, 6.07) is 22.3. The van der Waals surface area contributed by atoms with Gasteiger partial charge in [-0.05, 0) is 85.6 Å². The Morgan fingerprint density at radius 2 is 1.52 bits per heavy atom.